The van der Waals surface area contributed by atoms with Crippen LogP contribution in [0.5, 0.6) is 0 Å². The van der Waals surface area contributed by atoms with Gasteiger partial charge in [0.25, 0.3) is 10.0 Å². The molecule has 9 fully saturated rings. The number of piperazine rings is 1. The number of aryl methyl sites for hydroxylation is 1. The maximum absolute atomic E-state index is 13.1. The van der Waals surface area contributed by atoms with Crippen LogP contribution in [0.4, 0.5) is 68.2 Å². The van der Waals surface area contributed by atoms with Gasteiger partial charge in [-0.1, -0.05) is 25.5 Å². The van der Waals surface area contributed by atoms with Gasteiger partial charge in [-0.2, -0.15) is 21.5 Å². The van der Waals surface area contributed by atoms with E-state index in [-0.39, 0.29) is 42.1 Å². The van der Waals surface area contributed by atoms with Crippen LogP contribution >= 0.6 is 0 Å². The predicted octanol–water partition coefficient (Wildman–Crippen LogP) is 7.64. The Bertz CT molecular complexity index is 5890. The van der Waals surface area contributed by atoms with E-state index in [2.05, 4.69) is 31.4 Å². The first-order chi connectivity index (χ1) is 62.0. The molecule has 0 radical (unpaired) electrons. The van der Waals surface area contributed by atoms with Gasteiger partial charge in [0.1, 0.15) is 34.3 Å². The number of morpholine rings is 3. The van der Waals surface area contributed by atoms with Gasteiger partial charge in [0.15, 0.2) is 0 Å². The van der Waals surface area contributed by atoms with Gasteiger partial charge in [-0.25, -0.2) is 63.2 Å². The zero-order valence-electron chi connectivity index (χ0n) is 76.4. The van der Waals surface area contributed by atoms with Gasteiger partial charge in [-0.3, -0.25) is 4.72 Å². The molecule has 0 spiro atoms. The third-order valence-corrected chi connectivity index (χ3v) is 37.3. The average Bonchev–Trinajstić information content (AvgIpc) is 1.59. The van der Waals surface area contributed by atoms with E-state index in [1.54, 1.807) is 100 Å². The summed E-state index contributed by atoms with van der Waals surface area (Å²) in [6, 6.07) is 36.9. The molecule has 131 heavy (non-hydrogen) atoms. The van der Waals surface area contributed by atoms with E-state index in [1.165, 1.54) is 59.9 Å². The third kappa shape index (κ3) is 25.9. The van der Waals surface area contributed by atoms with Crippen molar-refractivity contribution in [2.24, 2.45) is 5.92 Å². The van der Waals surface area contributed by atoms with Crippen molar-refractivity contribution < 1.29 is 73.1 Å². The molecular weight excluding hydrogens is 1820 g/mol. The molecule has 0 bridgehead atoms. The number of nitrogens with zero attached hydrogens (tertiary/aromatic N) is 12. The molecular formula is C88H133N19O17S7. The van der Waals surface area contributed by atoms with Crippen molar-refractivity contribution in [1.29, 1.82) is 0 Å². The minimum absolute atomic E-state index is 0.0465. The maximum atomic E-state index is 13.1. The van der Waals surface area contributed by atoms with Crippen molar-refractivity contribution in [2.75, 3.05) is 263 Å². The summed E-state index contributed by atoms with van der Waals surface area (Å²) in [5, 5.41) is 0. The van der Waals surface area contributed by atoms with Crippen LogP contribution in [0, 0.1) is 12.8 Å². The van der Waals surface area contributed by atoms with Crippen LogP contribution in [0.1, 0.15) is 90.0 Å². The van der Waals surface area contributed by atoms with Crippen LogP contribution in [0.15, 0.2) is 168 Å². The Morgan fingerprint density at radius 1 is 0.344 bits per heavy atom. The fourth-order valence-corrected chi connectivity index (χ4v) is 28.6. The number of rotatable bonds is 20. The normalized spacial score (nSPS) is 19.9. The highest BCUT2D eigenvalue weighted by molar-refractivity contribution is 7.93. The van der Waals surface area contributed by atoms with Gasteiger partial charge in [-0.05, 0) is 218 Å². The highest BCUT2D eigenvalue weighted by atomic mass is 32.2. The molecule has 9 aliphatic rings. The number of sulfonamides is 7. The molecule has 7 aromatic rings. The fraction of sp³-hybridized carbons (Fsp3) is 0.523. The largest absolute Gasteiger partial charge is 0.399 e. The predicted molar refractivity (Wildman–Crippen MR) is 519 cm³/mol. The molecule has 43 heteroatoms. The molecule has 0 aliphatic carbocycles. The molecule has 0 aromatic heterocycles. The molecule has 0 amide bonds. The lowest BCUT2D eigenvalue weighted by Gasteiger charge is -2.35. The number of nitrogens with one attached hydrogen (secondary N) is 1. The summed E-state index contributed by atoms with van der Waals surface area (Å²) in [5.74, 6) is 0.260. The number of likely N-dealkylation sites (N-methyl/N-ethyl adjacent to an activating group) is 1. The summed E-state index contributed by atoms with van der Waals surface area (Å²) in [7, 11) is -16.7. The number of ether oxygens (including phenoxy) is 3. The standard InChI is InChI=1S/C17H21N3O2S.C16H25N3O4S2.C14H21N3O4S.C14H21N3O3S.C14H23N3O2S.C13H22N4O2S/c1-13-5-4-6-15(11-13)19-23(21,22)17-12-14(18)7-8-16(17)20-9-2-3-10-20;1-13-5-4-10-19(12-13)24(20,21)15-7-6-14(17)11-16(15)25(22,23)18-8-2-3-9-18;15-12-1-2-13(16-3-7-20-8-4-16)14(11-12)22(18,19)17-5-9-21-10-6-17;15-12-3-4-13(16-5-1-2-6-16)14(11-12)21(18,19)17-7-9-20-10-8-17;1-11-6-4-5-9-17(11)20(18,19)14-10-12(15)7-8-13(14)16(2)3;1-15(2)20(18,19)13-10-11(14)4-5-12(13)17-8-6-16(3)7-9-17/h4-8,11-12,19H,2-3,9-10,18H2,1H3;6-7,11,13H,2-5,8-10,12,17H2,1H3;1-2,11H,3-10,15H2;3-4,11H,1-2,5-10,15H2;7-8,10-11H,4-6,9,15H2,1-3H3;4-5,10H,6-9,14H2,1-3H3. The van der Waals surface area contributed by atoms with Gasteiger partial charge in [0.2, 0.25) is 60.1 Å². The SMILES string of the molecule is CC1CCCCN1S(=O)(=O)c1cc(N)ccc1N(C)C.CC1CCCN(S(=O)(=O)c2ccc(N)cc2S(=O)(=O)N2CCCC2)C1.CN1CCN(c2ccc(N)cc2S(=O)(=O)N(C)C)CC1.Cc1cccc(NS(=O)(=O)c2cc(N)ccc2N2CCCC2)c1.Nc1ccc(N2CCCC2)c(S(=O)(=O)N2CCOCC2)c1.Nc1ccc(N2CCOCC2)c(S(=O)(=O)N2CCOCC2)c1. The molecule has 36 nitrogen and oxygen atoms in total. The van der Waals surface area contributed by atoms with Crippen molar-refractivity contribution in [3.63, 3.8) is 0 Å². The quantitative estimate of drug-likeness (QED) is 0.0360. The number of nitrogens with two attached hydrogens (primary N) is 6. The number of anilines is 12. The van der Waals surface area contributed by atoms with Crippen molar-refractivity contribution in [3.05, 3.63) is 139 Å². The third-order valence-electron chi connectivity index (χ3n) is 24.2. The molecule has 2 unspecified atom stereocenters. The number of piperidine rings is 2. The number of benzene rings is 7. The van der Waals surface area contributed by atoms with Crippen LogP contribution in [0.3, 0.4) is 0 Å². The van der Waals surface area contributed by atoms with E-state index in [1.807, 2.05) is 58.0 Å². The molecule has 13 N–H and O–H groups in total. The van der Waals surface area contributed by atoms with E-state index >= 15 is 0 Å². The lowest BCUT2D eigenvalue weighted by Crippen LogP contribution is -2.45. The zero-order chi connectivity index (χ0) is 95.0. The van der Waals surface area contributed by atoms with E-state index in [0.717, 1.165) is 146 Å². The second kappa shape index (κ2) is 45.2. The number of nitrogen functional groups attached to an aromatic ring is 6. The smallest absolute Gasteiger partial charge is 0.264 e. The summed E-state index contributed by atoms with van der Waals surface area (Å²) in [5.41, 5.74) is 42.5. The Hall–Kier alpha value is -8.61. The Labute approximate surface area is 776 Å². The maximum Gasteiger partial charge on any atom is 0.264 e. The highest BCUT2D eigenvalue weighted by Gasteiger charge is 2.40. The molecule has 16 rings (SSSR count). The van der Waals surface area contributed by atoms with Crippen LogP contribution in [-0.2, 0) is 84.4 Å². The van der Waals surface area contributed by atoms with Crippen molar-refractivity contribution in [3.8, 4) is 0 Å². The summed E-state index contributed by atoms with van der Waals surface area (Å²) >= 11 is 0. The summed E-state index contributed by atoms with van der Waals surface area (Å²) in [6.45, 7) is 21.0. The minimum Gasteiger partial charge on any atom is -0.399 e. The Morgan fingerprint density at radius 3 is 1.18 bits per heavy atom. The molecule has 7 aromatic carbocycles. The molecule has 2 atom stereocenters. The molecule has 0 saturated carbocycles. The number of hydrogen-bond donors (Lipinski definition) is 7. The Morgan fingerprint density at radius 2 is 0.718 bits per heavy atom. The van der Waals surface area contributed by atoms with Crippen LogP contribution in [0.25, 0.3) is 0 Å². The number of hydrogen-bond acceptors (Lipinski definition) is 29. The lowest BCUT2D eigenvalue weighted by atomic mass is 10.0. The molecule has 9 heterocycles. The van der Waals surface area contributed by atoms with E-state index in [4.69, 9.17) is 48.6 Å². The first-order valence-electron chi connectivity index (χ1n) is 44.5. The lowest BCUT2D eigenvalue weighted by molar-refractivity contribution is 0.0730. The topological polar surface area (TPSA) is 474 Å². The Balaban J connectivity index is 0.000000152. The minimum atomic E-state index is -3.88. The van der Waals surface area contributed by atoms with Crippen molar-refractivity contribution in [1.82, 2.24) is 30.7 Å². The highest BCUT2D eigenvalue weighted by Crippen LogP contribution is 2.39. The van der Waals surface area contributed by atoms with Crippen LogP contribution in [-0.4, -0.2) is 295 Å². The second-order valence-electron chi connectivity index (χ2n) is 34.5. The van der Waals surface area contributed by atoms with Crippen LogP contribution in [0.2, 0.25) is 0 Å². The van der Waals surface area contributed by atoms with Crippen LogP contribution < -0.4 is 63.6 Å². The zero-order valence-corrected chi connectivity index (χ0v) is 82.2. The van der Waals surface area contributed by atoms with Gasteiger partial charge in [-0.15, -0.1) is 0 Å². The van der Waals surface area contributed by atoms with E-state index in [9.17, 15) is 58.9 Å². The fourth-order valence-electron chi connectivity index (χ4n) is 16.9. The first kappa shape index (κ1) is 103. The molecule has 9 saturated heterocycles. The summed E-state index contributed by atoms with van der Waals surface area (Å²) < 4.78 is 207. The molecule has 9 aliphatic heterocycles. The van der Waals surface area contributed by atoms with Gasteiger partial charge in [0, 0.05) is 198 Å². The summed E-state index contributed by atoms with van der Waals surface area (Å²) in [4.78, 5) is 13.5. The van der Waals surface area contributed by atoms with Crippen molar-refractivity contribution >= 4 is 138 Å². The first-order valence-corrected chi connectivity index (χ1v) is 54.6. The monoisotopic (exact) mass is 1950 g/mol. The average molecular weight is 1950 g/mol. The van der Waals surface area contributed by atoms with E-state index < -0.39 is 70.2 Å². The van der Waals surface area contributed by atoms with Gasteiger partial charge < -0.3 is 78.0 Å². The molecule has 724 valence electrons. The second-order valence-corrected chi connectivity index (χ2v) is 47.7. The van der Waals surface area contributed by atoms with Gasteiger partial charge >= 0.3 is 0 Å². The summed E-state index contributed by atoms with van der Waals surface area (Å²) in [6.07, 6.45) is 10.6. The van der Waals surface area contributed by atoms with Gasteiger partial charge in [0.05, 0.1) is 68.1 Å². The van der Waals surface area contributed by atoms with E-state index in [0.29, 0.717) is 167 Å². The Kier molecular flexibility index (Phi) is 35.5. The van der Waals surface area contributed by atoms with Crippen molar-refractivity contribution in [2.45, 2.75) is 132 Å².